The zero-order valence-corrected chi connectivity index (χ0v) is 11.7. The molecule has 1 unspecified atom stereocenters. The van der Waals surface area contributed by atoms with E-state index in [9.17, 15) is 14.4 Å². The van der Waals surface area contributed by atoms with E-state index < -0.39 is 18.0 Å². The zero-order chi connectivity index (χ0) is 15.0. The number of aryl methyl sites for hydroxylation is 1. The molecule has 8 heteroatoms. The lowest BCUT2D eigenvalue weighted by Crippen LogP contribution is -2.41. The van der Waals surface area contributed by atoms with Crippen LogP contribution in [0.3, 0.4) is 0 Å². The van der Waals surface area contributed by atoms with Gasteiger partial charge in [0.05, 0.1) is 12.1 Å². The molecule has 1 saturated heterocycles. The molecule has 0 aromatic carbocycles. The van der Waals surface area contributed by atoms with Gasteiger partial charge in [0.15, 0.2) is 0 Å². The Morgan fingerprint density at radius 3 is 2.90 bits per heavy atom. The Hall–Kier alpha value is -2.38. The molecule has 0 spiro atoms. The first kappa shape index (κ1) is 13.6. The molecule has 4 amide bonds. The fourth-order valence-electron chi connectivity index (χ4n) is 2.77. The number of hydrogen-bond acceptors (Lipinski definition) is 4. The van der Waals surface area contributed by atoms with E-state index in [-0.39, 0.29) is 12.3 Å². The van der Waals surface area contributed by atoms with Gasteiger partial charge in [0.1, 0.15) is 6.04 Å². The summed E-state index contributed by atoms with van der Waals surface area (Å²) in [6.45, 7) is 3.13. The topological polar surface area (TPSA) is 107 Å². The Morgan fingerprint density at radius 2 is 2.24 bits per heavy atom. The van der Waals surface area contributed by atoms with Gasteiger partial charge in [-0.3, -0.25) is 20.0 Å². The van der Waals surface area contributed by atoms with Gasteiger partial charge in [0.25, 0.3) is 5.91 Å². The highest BCUT2D eigenvalue weighted by Gasteiger charge is 2.33. The lowest BCUT2D eigenvalue weighted by Gasteiger charge is -2.27. The van der Waals surface area contributed by atoms with Crippen LogP contribution in [0.2, 0.25) is 0 Å². The number of carbonyl (C=O) groups excluding carboxylic acids is 3. The van der Waals surface area contributed by atoms with Crippen LogP contribution in [0, 0.1) is 0 Å². The van der Waals surface area contributed by atoms with Crippen molar-refractivity contribution < 1.29 is 14.4 Å². The Labute approximate surface area is 121 Å². The first-order valence-corrected chi connectivity index (χ1v) is 7.02. The number of amides is 4. The fraction of sp³-hybridized carbons (Fsp3) is 0.538. The Morgan fingerprint density at radius 1 is 1.43 bits per heavy atom. The lowest BCUT2D eigenvalue weighted by atomic mass is 10.0. The van der Waals surface area contributed by atoms with Crippen LogP contribution in [-0.2, 0) is 29.0 Å². The van der Waals surface area contributed by atoms with E-state index in [0.717, 1.165) is 29.8 Å². The Kier molecular flexibility index (Phi) is 3.36. The summed E-state index contributed by atoms with van der Waals surface area (Å²) in [7, 11) is 0. The summed E-state index contributed by atoms with van der Waals surface area (Å²) >= 11 is 0. The number of aromatic amines is 1. The van der Waals surface area contributed by atoms with Gasteiger partial charge in [-0.05, 0) is 6.42 Å². The first-order chi connectivity index (χ1) is 10.1. The van der Waals surface area contributed by atoms with Crippen LogP contribution in [-0.4, -0.2) is 45.5 Å². The minimum Gasteiger partial charge on any atom is -0.338 e. The van der Waals surface area contributed by atoms with E-state index in [0.29, 0.717) is 13.1 Å². The van der Waals surface area contributed by atoms with E-state index >= 15 is 0 Å². The number of aromatic nitrogens is 2. The van der Waals surface area contributed by atoms with Crippen molar-refractivity contribution in [3.8, 4) is 0 Å². The maximum absolute atomic E-state index is 12.3. The summed E-state index contributed by atoms with van der Waals surface area (Å²) in [5.74, 6) is -0.574. The molecule has 3 rings (SSSR count). The third kappa shape index (κ3) is 2.48. The Balaban J connectivity index is 1.67. The molecule has 2 aliphatic heterocycles. The Bertz CT molecular complexity index is 595. The number of fused-ring (bicyclic) bond motifs is 1. The van der Waals surface area contributed by atoms with Crippen LogP contribution in [0.4, 0.5) is 4.79 Å². The molecule has 0 radical (unpaired) electrons. The quantitative estimate of drug-likeness (QED) is 0.650. The number of carbonyl (C=O) groups is 3. The van der Waals surface area contributed by atoms with Crippen molar-refractivity contribution in [2.45, 2.75) is 38.8 Å². The second kappa shape index (κ2) is 5.19. The molecule has 0 bridgehead atoms. The third-order valence-corrected chi connectivity index (χ3v) is 3.94. The molecule has 2 aliphatic rings. The minimum atomic E-state index is -0.763. The number of H-pyrrole nitrogens is 1. The number of nitrogens with one attached hydrogen (secondary N) is 3. The highest BCUT2D eigenvalue weighted by atomic mass is 16.2. The van der Waals surface area contributed by atoms with E-state index in [1.165, 1.54) is 0 Å². The predicted molar refractivity (Wildman–Crippen MR) is 72.2 cm³/mol. The molecule has 0 aliphatic carbocycles. The molecular formula is C13H17N5O3. The second-order valence-electron chi connectivity index (χ2n) is 5.27. The van der Waals surface area contributed by atoms with Crippen molar-refractivity contribution in [3.63, 3.8) is 0 Å². The lowest BCUT2D eigenvalue weighted by molar-refractivity contribution is -0.134. The molecule has 3 heterocycles. The molecule has 112 valence electrons. The van der Waals surface area contributed by atoms with Gasteiger partial charge in [0.2, 0.25) is 5.91 Å². The molecule has 21 heavy (non-hydrogen) atoms. The van der Waals surface area contributed by atoms with Crippen LogP contribution in [0.1, 0.15) is 30.3 Å². The van der Waals surface area contributed by atoms with Crippen molar-refractivity contribution in [2.75, 3.05) is 6.54 Å². The molecule has 8 nitrogen and oxygen atoms in total. The van der Waals surface area contributed by atoms with Gasteiger partial charge in [-0.25, -0.2) is 4.79 Å². The van der Waals surface area contributed by atoms with Crippen molar-refractivity contribution in [2.24, 2.45) is 0 Å². The second-order valence-corrected chi connectivity index (χ2v) is 5.27. The normalized spacial score (nSPS) is 21.0. The third-order valence-electron chi connectivity index (χ3n) is 3.94. The molecule has 1 aromatic rings. The van der Waals surface area contributed by atoms with E-state index in [1.807, 2.05) is 6.92 Å². The number of rotatable bonds is 3. The summed E-state index contributed by atoms with van der Waals surface area (Å²) < 4.78 is 0. The molecular weight excluding hydrogens is 274 g/mol. The smallest absolute Gasteiger partial charge is 0.322 e. The largest absolute Gasteiger partial charge is 0.338 e. The minimum absolute atomic E-state index is 0.00772. The molecule has 1 atom stereocenters. The average Bonchev–Trinajstić information content (AvgIpc) is 3.01. The van der Waals surface area contributed by atoms with E-state index in [1.54, 1.807) is 4.90 Å². The van der Waals surface area contributed by atoms with E-state index in [4.69, 9.17) is 0 Å². The molecule has 1 fully saturated rings. The SMILES string of the molecule is CCc1n[nH]c2c1CN(C(=O)CC1NC(=O)NC1=O)CC2. The van der Waals surface area contributed by atoms with Crippen molar-refractivity contribution in [3.05, 3.63) is 17.0 Å². The van der Waals surface area contributed by atoms with Gasteiger partial charge >= 0.3 is 6.03 Å². The maximum Gasteiger partial charge on any atom is 0.322 e. The van der Waals surface area contributed by atoms with Crippen LogP contribution in [0.5, 0.6) is 0 Å². The van der Waals surface area contributed by atoms with Gasteiger partial charge in [-0.1, -0.05) is 6.92 Å². The van der Waals surface area contributed by atoms with Crippen molar-refractivity contribution >= 4 is 17.8 Å². The molecule has 0 saturated carbocycles. The zero-order valence-electron chi connectivity index (χ0n) is 11.7. The number of urea groups is 1. The number of nitrogens with zero attached hydrogens (tertiary/aromatic N) is 2. The highest BCUT2D eigenvalue weighted by Crippen LogP contribution is 2.21. The van der Waals surface area contributed by atoms with Gasteiger partial charge in [-0.15, -0.1) is 0 Å². The van der Waals surface area contributed by atoms with Crippen LogP contribution in [0.15, 0.2) is 0 Å². The monoisotopic (exact) mass is 291 g/mol. The maximum atomic E-state index is 12.3. The summed E-state index contributed by atoms with van der Waals surface area (Å²) in [5.41, 5.74) is 3.15. The van der Waals surface area contributed by atoms with Crippen molar-refractivity contribution in [1.29, 1.82) is 0 Å². The van der Waals surface area contributed by atoms with Crippen LogP contribution >= 0.6 is 0 Å². The summed E-state index contributed by atoms with van der Waals surface area (Å²) in [5, 5.41) is 11.8. The molecule has 1 aromatic heterocycles. The summed E-state index contributed by atoms with van der Waals surface area (Å²) in [6.07, 6.45) is 1.54. The van der Waals surface area contributed by atoms with Gasteiger partial charge in [0, 0.05) is 30.8 Å². The highest BCUT2D eigenvalue weighted by molar-refractivity contribution is 6.05. The summed E-state index contributed by atoms with van der Waals surface area (Å²) in [4.78, 5) is 36.6. The summed E-state index contributed by atoms with van der Waals surface area (Å²) in [6, 6.07) is -1.30. The predicted octanol–water partition coefficient (Wildman–Crippen LogP) is -0.545. The average molecular weight is 291 g/mol. The molecule has 3 N–H and O–H groups in total. The fourth-order valence-corrected chi connectivity index (χ4v) is 2.77. The van der Waals surface area contributed by atoms with Crippen LogP contribution in [0.25, 0.3) is 0 Å². The van der Waals surface area contributed by atoms with Crippen LogP contribution < -0.4 is 10.6 Å². The van der Waals surface area contributed by atoms with E-state index in [2.05, 4.69) is 20.8 Å². The number of imide groups is 1. The van der Waals surface area contributed by atoms with Gasteiger partial charge < -0.3 is 10.2 Å². The van der Waals surface area contributed by atoms with Crippen molar-refractivity contribution in [1.82, 2.24) is 25.7 Å². The number of hydrogen-bond donors (Lipinski definition) is 3. The first-order valence-electron chi connectivity index (χ1n) is 7.02. The standard InChI is InChI=1S/C13H17N5O3/c1-2-8-7-6-18(4-3-9(7)17-16-8)11(19)5-10-12(20)15-13(21)14-10/h10H,2-6H2,1H3,(H,16,17)(H2,14,15,20,21). The van der Waals surface area contributed by atoms with Gasteiger partial charge in [-0.2, -0.15) is 5.10 Å².